The first kappa shape index (κ1) is 17.1. The third-order valence-corrected chi connectivity index (χ3v) is 4.42. The summed E-state index contributed by atoms with van der Waals surface area (Å²) in [5.41, 5.74) is 2.45. The van der Waals surface area contributed by atoms with E-state index in [1.807, 2.05) is 35.0 Å². The summed E-state index contributed by atoms with van der Waals surface area (Å²) in [4.78, 5) is 4.52. The van der Waals surface area contributed by atoms with Gasteiger partial charge in [-0.1, -0.05) is 22.0 Å². The third-order valence-electron chi connectivity index (χ3n) is 3.93. The lowest BCUT2D eigenvalue weighted by Crippen LogP contribution is -2.26. The average molecular weight is 392 g/mol. The fourth-order valence-corrected chi connectivity index (χ4v) is 3.10. The van der Waals surface area contributed by atoms with Crippen LogP contribution in [-0.4, -0.2) is 27.6 Å². The zero-order valence-electron chi connectivity index (χ0n) is 13.1. The van der Waals surface area contributed by atoms with E-state index in [1.165, 1.54) is 6.07 Å². The Balaban J connectivity index is 1.56. The van der Waals surface area contributed by atoms with Crippen molar-refractivity contribution in [3.63, 3.8) is 0 Å². The number of fused-ring (bicyclic) bond motifs is 1. The molecule has 0 saturated carbocycles. The molecule has 0 radical (unpaired) electrons. The Morgan fingerprint density at radius 2 is 2.17 bits per heavy atom. The van der Waals surface area contributed by atoms with Crippen molar-refractivity contribution >= 4 is 21.6 Å². The number of pyridine rings is 1. The molecule has 0 aliphatic rings. The smallest absolute Gasteiger partial charge is 0.137 e. The number of rotatable bonds is 7. The van der Waals surface area contributed by atoms with Crippen LogP contribution in [0.15, 0.2) is 53.3 Å². The standard InChI is InChI=1S/C18H19BrFN3O/c19-15-4-5-17(20)14(8-15)7-13(12-24)9-21-10-16-11-23-6-2-1-3-18(23)22-16/h1-6,8,11,13,21,24H,7,9-10,12H2. The van der Waals surface area contributed by atoms with Crippen molar-refractivity contribution in [2.45, 2.75) is 13.0 Å². The number of halogens is 2. The molecule has 24 heavy (non-hydrogen) atoms. The van der Waals surface area contributed by atoms with E-state index >= 15 is 0 Å². The monoisotopic (exact) mass is 391 g/mol. The number of aliphatic hydroxyl groups excluding tert-OH is 1. The van der Waals surface area contributed by atoms with Gasteiger partial charge in [0, 0.05) is 36.6 Å². The summed E-state index contributed by atoms with van der Waals surface area (Å²) < 4.78 is 16.6. The topological polar surface area (TPSA) is 49.6 Å². The lowest BCUT2D eigenvalue weighted by atomic mass is 9.99. The summed E-state index contributed by atoms with van der Waals surface area (Å²) >= 11 is 3.35. The summed E-state index contributed by atoms with van der Waals surface area (Å²) in [6, 6.07) is 10.7. The van der Waals surface area contributed by atoms with Gasteiger partial charge >= 0.3 is 0 Å². The molecular weight excluding hydrogens is 373 g/mol. The molecule has 0 fully saturated rings. The number of hydrogen-bond donors (Lipinski definition) is 2. The van der Waals surface area contributed by atoms with Gasteiger partial charge in [0.05, 0.1) is 5.69 Å². The van der Waals surface area contributed by atoms with E-state index in [2.05, 4.69) is 26.2 Å². The summed E-state index contributed by atoms with van der Waals surface area (Å²) in [6.45, 7) is 1.21. The maximum Gasteiger partial charge on any atom is 0.137 e. The van der Waals surface area contributed by atoms with Gasteiger partial charge in [-0.25, -0.2) is 9.37 Å². The van der Waals surface area contributed by atoms with Crippen LogP contribution in [0.5, 0.6) is 0 Å². The molecule has 2 N–H and O–H groups in total. The molecule has 4 nitrogen and oxygen atoms in total. The number of aromatic nitrogens is 2. The summed E-state index contributed by atoms with van der Waals surface area (Å²) in [6.07, 6.45) is 4.42. The van der Waals surface area contributed by atoms with E-state index in [0.717, 1.165) is 15.8 Å². The van der Waals surface area contributed by atoms with Crippen LogP contribution in [0.3, 0.4) is 0 Å². The van der Waals surface area contributed by atoms with E-state index in [0.29, 0.717) is 25.1 Å². The highest BCUT2D eigenvalue weighted by atomic mass is 79.9. The normalized spacial score (nSPS) is 12.6. The first-order chi connectivity index (χ1) is 11.7. The SMILES string of the molecule is OCC(CNCc1cn2ccccc2n1)Cc1cc(Br)ccc1F. The first-order valence-corrected chi connectivity index (χ1v) is 8.63. The number of benzene rings is 1. The second kappa shape index (κ2) is 7.88. The van der Waals surface area contributed by atoms with E-state index < -0.39 is 0 Å². The first-order valence-electron chi connectivity index (χ1n) is 7.84. The lowest BCUT2D eigenvalue weighted by Gasteiger charge is -2.15. The van der Waals surface area contributed by atoms with E-state index in [4.69, 9.17) is 0 Å². The highest BCUT2D eigenvalue weighted by Crippen LogP contribution is 2.18. The van der Waals surface area contributed by atoms with Gasteiger partial charge < -0.3 is 14.8 Å². The van der Waals surface area contributed by atoms with Crippen molar-refractivity contribution in [3.05, 3.63) is 70.3 Å². The summed E-state index contributed by atoms with van der Waals surface area (Å²) in [5.74, 6) is -0.289. The molecule has 6 heteroatoms. The molecule has 1 aromatic carbocycles. The second-order valence-electron chi connectivity index (χ2n) is 5.82. The lowest BCUT2D eigenvalue weighted by molar-refractivity contribution is 0.220. The van der Waals surface area contributed by atoms with Gasteiger partial charge in [-0.2, -0.15) is 0 Å². The van der Waals surface area contributed by atoms with Crippen LogP contribution < -0.4 is 5.32 Å². The minimum Gasteiger partial charge on any atom is -0.396 e. The van der Waals surface area contributed by atoms with Crippen LogP contribution in [0.4, 0.5) is 4.39 Å². The Kier molecular flexibility index (Phi) is 5.60. The minimum absolute atomic E-state index is 0.00409. The van der Waals surface area contributed by atoms with E-state index in [1.54, 1.807) is 12.1 Å². The van der Waals surface area contributed by atoms with Crippen LogP contribution in [-0.2, 0) is 13.0 Å². The molecule has 2 aromatic heterocycles. The Morgan fingerprint density at radius 3 is 2.96 bits per heavy atom. The molecule has 0 saturated heterocycles. The van der Waals surface area contributed by atoms with Crippen molar-refractivity contribution in [1.29, 1.82) is 0 Å². The minimum atomic E-state index is -0.239. The van der Waals surface area contributed by atoms with Crippen LogP contribution in [0.2, 0.25) is 0 Å². The summed E-state index contributed by atoms with van der Waals surface area (Å²) in [5, 5.41) is 12.9. The van der Waals surface area contributed by atoms with Crippen molar-refractivity contribution in [1.82, 2.24) is 14.7 Å². The number of hydrogen-bond acceptors (Lipinski definition) is 3. The van der Waals surface area contributed by atoms with Crippen molar-refractivity contribution < 1.29 is 9.50 Å². The zero-order valence-corrected chi connectivity index (χ0v) is 14.7. The second-order valence-corrected chi connectivity index (χ2v) is 6.73. The Hall–Kier alpha value is -1.76. The molecule has 0 spiro atoms. The van der Waals surface area contributed by atoms with Gasteiger partial charge in [-0.05, 0) is 48.2 Å². The molecule has 2 heterocycles. The molecule has 1 unspecified atom stereocenters. The number of imidazole rings is 1. The van der Waals surface area contributed by atoms with Crippen LogP contribution in [0.25, 0.3) is 5.65 Å². The molecule has 1 atom stereocenters. The maximum absolute atomic E-state index is 13.8. The van der Waals surface area contributed by atoms with Gasteiger partial charge in [0.15, 0.2) is 0 Å². The molecular formula is C18H19BrFN3O. The predicted octanol–water partition coefficient (Wildman–Crippen LogP) is 3.18. The molecule has 0 aliphatic heterocycles. The highest BCUT2D eigenvalue weighted by molar-refractivity contribution is 9.10. The van der Waals surface area contributed by atoms with Crippen molar-refractivity contribution in [2.75, 3.05) is 13.2 Å². The average Bonchev–Trinajstić information content (AvgIpc) is 2.99. The van der Waals surface area contributed by atoms with Gasteiger partial charge in [0.2, 0.25) is 0 Å². The van der Waals surface area contributed by atoms with Gasteiger partial charge in [0.1, 0.15) is 11.5 Å². The Labute approximate surface area is 148 Å². The molecule has 0 bridgehead atoms. The molecule has 0 aliphatic carbocycles. The Bertz CT molecular complexity index is 788. The number of nitrogens with zero attached hydrogens (tertiary/aromatic N) is 2. The fraction of sp³-hybridized carbons (Fsp3) is 0.278. The van der Waals surface area contributed by atoms with Crippen LogP contribution >= 0.6 is 15.9 Å². The quantitative estimate of drug-likeness (QED) is 0.650. The number of nitrogens with one attached hydrogen (secondary N) is 1. The van der Waals surface area contributed by atoms with E-state index in [9.17, 15) is 9.50 Å². The maximum atomic E-state index is 13.8. The van der Waals surface area contributed by atoms with Gasteiger partial charge in [-0.15, -0.1) is 0 Å². The third kappa shape index (κ3) is 4.20. The molecule has 3 rings (SSSR count). The molecule has 3 aromatic rings. The number of aliphatic hydroxyl groups is 1. The van der Waals surface area contributed by atoms with Crippen LogP contribution in [0, 0.1) is 11.7 Å². The van der Waals surface area contributed by atoms with Crippen molar-refractivity contribution in [2.24, 2.45) is 5.92 Å². The Morgan fingerprint density at radius 1 is 1.29 bits per heavy atom. The largest absolute Gasteiger partial charge is 0.396 e. The van der Waals surface area contributed by atoms with Gasteiger partial charge in [0.25, 0.3) is 0 Å². The van der Waals surface area contributed by atoms with Crippen LogP contribution in [0.1, 0.15) is 11.3 Å². The zero-order chi connectivity index (χ0) is 16.9. The van der Waals surface area contributed by atoms with Gasteiger partial charge in [-0.3, -0.25) is 0 Å². The molecule has 126 valence electrons. The highest BCUT2D eigenvalue weighted by Gasteiger charge is 2.12. The van der Waals surface area contributed by atoms with E-state index in [-0.39, 0.29) is 18.3 Å². The molecule has 0 amide bonds. The van der Waals surface area contributed by atoms with Crippen molar-refractivity contribution in [3.8, 4) is 0 Å². The predicted molar refractivity (Wildman–Crippen MR) is 95.3 cm³/mol. The fourth-order valence-electron chi connectivity index (χ4n) is 2.69. The summed E-state index contributed by atoms with van der Waals surface area (Å²) in [7, 11) is 0.